The van der Waals surface area contributed by atoms with Crippen molar-refractivity contribution in [2.75, 3.05) is 13.2 Å². The van der Waals surface area contributed by atoms with Crippen LogP contribution in [0.5, 0.6) is 0 Å². The molecule has 1 N–H and O–H groups in total. The minimum absolute atomic E-state index is 0.108. The van der Waals surface area contributed by atoms with Crippen LogP contribution in [0, 0.1) is 0 Å². The molecule has 2 rings (SSSR count). The number of alkyl halides is 3. The van der Waals surface area contributed by atoms with Crippen molar-refractivity contribution in [3.63, 3.8) is 0 Å². The highest BCUT2D eigenvalue weighted by Gasteiger charge is 2.43. The second-order valence-electron chi connectivity index (χ2n) is 7.99. The number of thiazole rings is 1. The molecule has 0 bridgehead atoms. The summed E-state index contributed by atoms with van der Waals surface area (Å²) < 4.78 is 51.4. The van der Waals surface area contributed by atoms with Gasteiger partial charge in [-0.15, -0.1) is 11.3 Å². The Morgan fingerprint density at radius 3 is 2.28 bits per heavy atom. The van der Waals surface area contributed by atoms with Gasteiger partial charge in [0.2, 0.25) is 0 Å². The summed E-state index contributed by atoms with van der Waals surface area (Å²) in [6.45, 7) is 10.5. The zero-order valence-electron chi connectivity index (χ0n) is 15.3. The Morgan fingerprint density at radius 2 is 1.80 bits per heavy atom. The Balaban J connectivity index is 2.30. The maximum Gasteiger partial charge on any atom is 0.427 e. The van der Waals surface area contributed by atoms with E-state index in [2.05, 4.69) is 4.98 Å². The van der Waals surface area contributed by atoms with E-state index in [0.717, 1.165) is 0 Å². The third kappa shape index (κ3) is 4.63. The number of hydrogen-bond donors (Lipinski definition) is 1. The van der Waals surface area contributed by atoms with Crippen molar-refractivity contribution >= 4 is 19.7 Å². The van der Waals surface area contributed by atoms with E-state index in [1.807, 2.05) is 33.9 Å². The minimum atomic E-state index is -4.51. The first-order valence-corrected chi connectivity index (χ1v) is 12.0. The van der Waals surface area contributed by atoms with Gasteiger partial charge in [-0.05, 0) is 18.1 Å². The van der Waals surface area contributed by atoms with Gasteiger partial charge in [-0.25, -0.2) is 4.98 Å². The van der Waals surface area contributed by atoms with E-state index in [1.54, 1.807) is 0 Å². The van der Waals surface area contributed by atoms with Gasteiger partial charge in [0.05, 0.1) is 12.3 Å². The van der Waals surface area contributed by atoms with E-state index in [-0.39, 0.29) is 35.2 Å². The summed E-state index contributed by atoms with van der Waals surface area (Å²) in [5.41, 5.74) is -1.48. The maximum atomic E-state index is 13.4. The fraction of sp³-hybridized carbons (Fsp3) is 0.812. The molecule has 25 heavy (non-hydrogen) atoms. The Morgan fingerprint density at radius 1 is 1.24 bits per heavy atom. The highest BCUT2D eigenvalue weighted by atomic mass is 32.1. The molecule has 0 amide bonds. The van der Waals surface area contributed by atoms with Gasteiger partial charge >= 0.3 is 6.18 Å². The predicted octanol–water partition coefficient (Wildman–Crippen LogP) is 4.68. The summed E-state index contributed by atoms with van der Waals surface area (Å²) in [6, 6.07) is 0. The molecule has 0 saturated carbocycles. The number of ether oxygens (including phenoxy) is 1. The minimum Gasteiger partial charge on any atom is -0.411 e. The zero-order chi connectivity index (χ0) is 19.1. The van der Waals surface area contributed by atoms with Gasteiger partial charge in [0.15, 0.2) is 8.32 Å². The van der Waals surface area contributed by atoms with Crippen LogP contribution < -0.4 is 0 Å². The van der Waals surface area contributed by atoms with Gasteiger partial charge in [0.25, 0.3) is 0 Å². The molecular formula is C16H26F3NO3SSi. The number of aromatic nitrogens is 1. The van der Waals surface area contributed by atoms with E-state index in [1.165, 1.54) is 0 Å². The normalized spacial score (nSPS) is 19.2. The van der Waals surface area contributed by atoms with Gasteiger partial charge in [-0.1, -0.05) is 20.8 Å². The van der Waals surface area contributed by atoms with E-state index in [4.69, 9.17) is 9.16 Å². The largest absolute Gasteiger partial charge is 0.427 e. The quantitative estimate of drug-likeness (QED) is 0.750. The summed E-state index contributed by atoms with van der Waals surface area (Å²) in [7, 11) is -2.20. The van der Waals surface area contributed by atoms with Crippen molar-refractivity contribution in [1.29, 1.82) is 0 Å². The second kappa shape index (κ2) is 6.92. The monoisotopic (exact) mass is 397 g/mol. The third-order valence-corrected chi connectivity index (χ3v) is 10.9. The van der Waals surface area contributed by atoms with Gasteiger partial charge < -0.3 is 14.3 Å². The average Bonchev–Trinajstić information content (AvgIpc) is 2.90. The van der Waals surface area contributed by atoms with E-state index in [0.29, 0.717) is 24.6 Å². The van der Waals surface area contributed by atoms with E-state index in [9.17, 15) is 18.3 Å². The first kappa shape index (κ1) is 20.8. The lowest BCUT2D eigenvalue weighted by atomic mass is 9.95. The summed E-state index contributed by atoms with van der Waals surface area (Å²) in [5.74, 6) is 0. The zero-order valence-corrected chi connectivity index (χ0v) is 17.1. The number of hydrogen-bond acceptors (Lipinski definition) is 5. The smallest absolute Gasteiger partial charge is 0.411 e. The summed E-state index contributed by atoms with van der Waals surface area (Å²) in [5, 5.41) is 10.7. The molecule has 4 nitrogen and oxygen atoms in total. The standard InChI is InChI=1S/C16H26F3NO3SSi/c1-14(2,3)25(4,5)23-10-11-12(16(17,18)19)24-13(20-11)15(21)6-8-22-9-7-15/h21H,6-10H2,1-5H3. The Hall–Kier alpha value is -0.483. The van der Waals surface area contributed by atoms with Gasteiger partial charge in [-0.2, -0.15) is 13.2 Å². The van der Waals surface area contributed by atoms with Crippen LogP contribution in [0.15, 0.2) is 0 Å². The molecule has 0 aromatic carbocycles. The molecule has 2 heterocycles. The molecule has 1 fully saturated rings. The summed E-state index contributed by atoms with van der Waals surface area (Å²) >= 11 is 0.524. The van der Waals surface area contributed by atoms with Crippen LogP contribution in [0.4, 0.5) is 13.2 Å². The number of halogens is 3. The first-order chi connectivity index (χ1) is 11.3. The number of rotatable bonds is 4. The van der Waals surface area contributed by atoms with Crippen molar-refractivity contribution in [2.45, 2.75) is 70.1 Å². The average molecular weight is 398 g/mol. The SMILES string of the molecule is CC(C)(C)[Si](C)(C)OCc1nc(C2(O)CCOCC2)sc1C(F)(F)F. The van der Waals surface area contributed by atoms with Gasteiger partial charge in [-0.3, -0.25) is 0 Å². The summed E-state index contributed by atoms with van der Waals surface area (Å²) in [6.07, 6.45) is -4.01. The number of aliphatic hydroxyl groups is 1. The van der Waals surface area contributed by atoms with Crippen LogP contribution in [0.2, 0.25) is 18.1 Å². The van der Waals surface area contributed by atoms with E-state index < -0.39 is 25.0 Å². The van der Waals surface area contributed by atoms with Crippen molar-refractivity contribution in [1.82, 2.24) is 4.98 Å². The van der Waals surface area contributed by atoms with Gasteiger partial charge in [0.1, 0.15) is 15.5 Å². The molecule has 0 atom stereocenters. The maximum absolute atomic E-state index is 13.4. The Kier molecular flexibility index (Phi) is 5.76. The molecule has 1 aromatic rings. The Bertz CT molecular complexity index is 605. The molecule has 1 aliphatic rings. The van der Waals surface area contributed by atoms with E-state index >= 15 is 0 Å². The molecule has 144 valence electrons. The first-order valence-electron chi connectivity index (χ1n) is 8.28. The predicted molar refractivity (Wildman–Crippen MR) is 93.1 cm³/mol. The van der Waals surface area contributed by atoms with Crippen molar-refractivity contribution < 1.29 is 27.4 Å². The molecule has 9 heteroatoms. The molecular weight excluding hydrogens is 371 g/mol. The highest BCUT2D eigenvalue weighted by Crippen LogP contribution is 2.43. The van der Waals surface area contributed by atoms with Crippen molar-refractivity contribution in [3.05, 3.63) is 15.6 Å². The molecule has 0 unspecified atom stereocenters. The van der Waals surface area contributed by atoms with Crippen LogP contribution in [-0.4, -0.2) is 31.6 Å². The fourth-order valence-electron chi connectivity index (χ4n) is 2.26. The van der Waals surface area contributed by atoms with Crippen LogP contribution in [0.25, 0.3) is 0 Å². The Labute approximate surface area is 151 Å². The van der Waals surface area contributed by atoms with Crippen LogP contribution >= 0.6 is 11.3 Å². The third-order valence-electron chi connectivity index (χ3n) is 5.05. The lowest BCUT2D eigenvalue weighted by molar-refractivity contribution is -0.135. The van der Waals surface area contributed by atoms with Crippen molar-refractivity contribution in [3.8, 4) is 0 Å². The topological polar surface area (TPSA) is 51.6 Å². The molecule has 1 aromatic heterocycles. The lowest BCUT2D eigenvalue weighted by Gasteiger charge is -2.36. The molecule has 0 aliphatic carbocycles. The second-order valence-corrected chi connectivity index (χ2v) is 13.8. The molecule has 1 saturated heterocycles. The highest BCUT2D eigenvalue weighted by molar-refractivity contribution is 7.12. The van der Waals surface area contributed by atoms with Crippen molar-refractivity contribution in [2.24, 2.45) is 0 Å². The lowest BCUT2D eigenvalue weighted by Crippen LogP contribution is -2.40. The molecule has 0 radical (unpaired) electrons. The molecule has 1 aliphatic heterocycles. The summed E-state index contributed by atoms with van der Waals surface area (Å²) in [4.78, 5) is 3.37. The van der Waals surface area contributed by atoms with Crippen LogP contribution in [-0.2, 0) is 27.5 Å². The van der Waals surface area contributed by atoms with Crippen LogP contribution in [0.1, 0.15) is 49.2 Å². The van der Waals surface area contributed by atoms with Crippen LogP contribution in [0.3, 0.4) is 0 Å². The number of nitrogens with zero attached hydrogens (tertiary/aromatic N) is 1. The fourth-order valence-corrected chi connectivity index (χ4v) is 4.27. The van der Waals surface area contributed by atoms with Gasteiger partial charge in [0, 0.05) is 26.1 Å². The molecule has 0 spiro atoms.